The third kappa shape index (κ3) is 2.95. The van der Waals surface area contributed by atoms with Gasteiger partial charge in [0, 0.05) is 25.0 Å². The van der Waals surface area contributed by atoms with Crippen molar-refractivity contribution in [2.75, 3.05) is 13.2 Å². The molecule has 3 rings (SSSR count). The van der Waals surface area contributed by atoms with Crippen LogP contribution >= 0.6 is 0 Å². The summed E-state index contributed by atoms with van der Waals surface area (Å²) in [7, 11) is 0. The molecule has 1 heterocycles. The molecule has 0 spiro atoms. The fraction of sp³-hybridized carbons (Fsp3) is 0.647. The molecule has 2 aliphatic carbocycles. The Balaban J connectivity index is 1.59. The van der Waals surface area contributed by atoms with Gasteiger partial charge in [0.25, 0.3) is 0 Å². The second-order valence-corrected chi connectivity index (χ2v) is 6.22. The van der Waals surface area contributed by atoms with Gasteiger partial charge in [0.05, 0.1) is 18.6 Å². The summed E-state index contributed by atoms with van der Waals surface area (Å²) in [5, 5.41) is 7.78. The smallest absolute Gasteiger partial charge is 0.316 e. The monoisotopic (exact) mass is 303 g/mol. The summed E-state index contributed by atoms with van der Waals surface area (Å²) in [6.07, 6.45) is 11.1. The van der Waals surface area contributed by atoms with Gasteiger partial charge < -0.3 is 10.1 Å². The van der Waals surface area contributed by atoms with E-state index in [2.05, 4.69) is 16.5 Å². The van der Waals surface area contributed by atoms with E-state index in [1.807, 2.05) is 23.9 Å². The SMILES string of the molecule is CCOC(=O)C12CCCC1=CC(NCCn1cccn1)CC2. The Morgan fingerprint density at radius 1 is 1.55 bits per heavy atom. The van der Waals surface area contributed by atoms with Gasteiger partial charge in [-0.05, 0) is 45.1 Å². The van der Waals surface area contributed by atoms with Gasteiger partial charge in [0.1, 0.15) is 0 Å². The first-order chi connectivity index (χ1) is 10.7. The van der Waals surface area contributed by atoms with Crippen LogP contribution in [0.2, 0.25) is 0 Å². The summed E-state index contributed by atoms with van der Waals surface area (Å²) in [5.74, 6) is -0.00580. The summed E-state index contributed by atoms with van der Waals surface area (Å²) >= 11 is 0. The lowest BCUT2D eigenvalue weighted by Gasteiger charge is -2.35. The molecule has 22 heavy (non-hydrogen) atoms. The number of rotatable bonds is 6. The summed E-state index contributed by atoms with van der Waals surface area (Å²) in [6, 6.07) is 2.31. The minimum absolute atomic E-state index is 0.00580. The van der Waals surface area contributed by atoms with Gasteiger partial charge in [-0.1, -0.05) is 11.6 Å². The number of nitrogens with zero attached hydrogens (tertiary/aromatic N) is 2. The van der Waals surface area contributed by atoms with Crippen molar-refractivity contribution in [2.45, 2.75) is 51.6 Å². The molecule has 2 atom stereocenters. The Morgan fingerprint density at radius 3 is 3.23 bits per heavy atom. The van der Waals surface area contributed by atoms with Crippen molar-refractivity contribution in [3.8, 4) is 0 Å². The van der Waals surface area contributed by atoms with Gasteiger partial charge >= 0.3 is 5.97 Å². The highest BCUT2D eigenvalue weighted by atomic mass is 16.5. The molecular weight excluding hydrogens is 278 g/mol. The van der Waals surface area contributed by atoms with Gasteiger partial charge in [-0.2, -0.15) is 5.10 Å². The molecule has 1 aromatic heterocycles. The Bertz CT molecular complexity index is 538. The van der Waals surface area contributed by atoms with Crippen LogP contribution in [0.1, 0.15) is 39.0 Å². The van der Waals surface area contributed by atoms with Crippen LogP contribution < -0.4 is 5.32 Å². The van der Waals surface area contributed by atoms with Gasteiger partial charge in [-0.25, -0.2) is 0 Å². The third-order valence-electron chi connectivity index (χ3n) is 4.92. The average molecular weight is 303 g/mol. The number of hydrogen-bond acceptors (Lipinski definition) is 4. The lowest BCUT2D eigenvalue weighted by Crippen LogP contribution is -2.40. The molecule has 1 fully saturated rings. The number of nitrogens with one attached hydrogen (secondary N) is 1. The number of carbonyl (C=O) groups excluding carboxylic acids is 1. The molecule has 2 aliphatic rings. The molecule has 1 aromatic rings. The average Bonchev–Trinajstić information content (AvgIpc) is 3.16. The molecule has 0 amide bonds. The molecule has 120 valence electrons. The summed E-state index contributed by atoms with van der Waals surface area (Å²) in [4.78, 5) is 12.4. The van der Waals surface area contributed by atoms with Crippen molar-refractivity contribution in [1.82, 2.24) is 15.1 Å². The molecular formula is C17H25N3O2. The predicted molar refractivity (Wildman–Crippen MR) is 84.3 cm³/mol. The van der Waals surface area contributed by atoms with Crippen molar-refractivity contribution in [3.63, 3.8) is 0 Å². The number of carbonyl (C=O) groups is 1. The van der Waals surface area contributed by atoms with Crippen LogP contribution in [-0.2, 0) is 16.1 Å². The van der Waals surface area contributed by atoms with Crippen molar-refractivity contribution in [1.29, 1.82) is 0 Å². The summed E-state index contributed by atoms with van der Waals surface area (Å²) in [6.45, 7) is 4.12. The van der Waals surface area contributed by atoms with Crippen LogP contribution in [0.4, 0.5) is 0 Å². The van der Waals surface area contributed by atoms with Crippen molar-refractivity contribution in [3.05, 3.63) is 30.1 Å². The van der Waals surface area contributed by atoms with E-state index in [1.54, 1.807) is 6.20 Å². The van der Waals surface area contributed by atoms with Gasteiger partial charge in [-0.15, -0.1) is 0 Å². The molecule has 1 saturated carbocycles. The predicted octanol–water partition coefficient (Wildman–Crippen LogP) is 2.29. The van der Waals surface area contributed by atoms with E-state index in [9.17, 15) is 4.79 Å². The standard InChI is InChI=1S/C17H25N3O2/c1-2-22-16(21)17-7-3-5-14(17)13-15(6-8-17)18-10-12-20-11-4-9-19-20/h4,9,11,13,15,18H,2-3,5-8,10,12H2,1H3. The molecule has 5 heteroatoms. The highest BCUT2D eigenvalue weighted by Crippen LogP contribution is 2.50. The second-order valence-electron chi connectivity index (χ2n) is 6.22. The lowest BCUT2D eigenvalue weighted by atomic mass is 9.73. The lowest BCUT2D eigenvalue weighted by molar-refractivity contribution is -0.153. The fourth-order valence-electron chi connectivity index (χ4n) is 3.80. The Labute approximate surface area is 131 Å². The molecule has 5 nitrogen and oxygen atoms in total. The van der Waals surface area contributed by atoms with Gasteiger partial charge in [0.15, 0.2) is 0 Å². The highest BCUT2D eigenvalue weighted by molar-refractivity contribution is 5.81. The van der Waals surface area contributed by atoms with E-state index >= 15 is 0 Å². The van der Waals surface area contributed by atoms with Crippen LogP contribution in [0.5, 0.6) is 0 Å². The molecule has 0 aromatic carbocycles. The maximum absolute atomic E-state index is 12.4. The van der Waals surface area contributed by atoms with Crippen molar-refractivity contribution >= 4 is 5.97 Å². The minimum atomic E-state index is -0.309. The topological polar surface area (TPSA) is 56.1 Å². The maximum atomic E-state index is 12.4. The zero-order valence-electron chi connectivity index (χ0n) is 13.3. The number of esters is 1. The maximum Gasteiger partial charge on any atom is 0.316 e. The Kier molecular flexibility index (Phi) is 4.62. The Hall–Kier alpha value is -1.62. The number of aromatic nitrogens is 2. The second kappa shape index (κ2) is 6.65. The van der Waals surface area contributed by atoms with E-state index in [1.165, 1.54) is 5.57 Å². The van der Waals surface area contributed by atoms with E-state index in [0.29, 0.717) is 12.6 Å². The number of fused-ring (bicyclic) bond motifs is 1. The van der Waals surface area contributed by atoms with E-state index in [-0.39, 0.29) is 11.4 Å². The molecule has 1 N–H and O–H groups in total. The molecule has 0 radical (unpaired) electrons. The van der Waals surface area contributed by atoms with Crippen LogP contribution in [-0.4, -0.2) is 34.9 Å². The first-order valence-electron chi connectivity index (χ1n) is 8.34. The normalized spacial score (nSPS) is 27.3. The number of ether oxygens (including phenoxy) is 1. The Morgan fingerprint density at radius 2 is 2.45 bits per heavy atom. The van der Waals surface area contributed by atoms with E-state index in [4.69, 9.17) is 4.74 Å². The van der Waals surface area contributed by atoms with Crippen molar-refractivity contribution in [2.24, 2.45) is 5.41 Å². The zero-order valence-corrected chi connectivity index (χ0v) is 13.3. The summed E-state index contributed by atoms with van der Waals surface area (Å²) < 4.78 is 7.27. The summed E-state index contributed by atoms with van der Waals surface area (Å²) in [5.41, 5.74) is 0.990. The van der Waals surface area contributed by atoms with E-state index in [0.717, 1.165) is 45.2 Å². The molecule has 0 bridgehead atoms. The minimum Gasteiger partial charge on any atom is -0.465 e. The molecule has 0 aliphatic heterocycles. The quantitative estimate of drug-likeness (QED) is 0.647. The fourth-order valence-corrected chi connectivity index (χ4v) is 3.80. The van der Waals surface area contributed by atoms with E-state index < -0.39 is 0 Å². The number of hydrogen-bond donors (Lipinski definition) is 1. The van der Waals surface area contributed by atoms with Crippen LogP contribution in [0.25, 0.3) is 0 Å². The zero-order chi connectivity index (χ0) is 15.4. The van der Waals surface area contributed by atoms with Crippen molar-refractivity contribution < 1.29 is 9.53 Å². The van der Waals surface area contributed by atoms with Crippen LogP contribution in [0, 0.1) is 5.41 Å². The highest BCUT2D eigenvalue weighted by Gasteiger charge is 2.48. The van der Waals surface area contributed by atoms with Gasteiger partial charge in [0.2, 0.25) is 0 Å². The first kappa shape index (κ1) is 15.3. The first-order valence-corrected chi connectivity index (χ1v) is 8.34. The largest absolute Gasteiger partial charge is 0.465 e. The van der Waals surface area contributed by atoms with Gasteiger partial charge in [-0.3, -0.25) is 9.48 Å². The van der Waals surface area contributed by atoms with Crippen LogP contribution in [0.15, 0.2) is 30.1 Å². The molecule has 2 unspecified atom stereocenters. The van der Waals surface area contributed by atoms with Crippen LogP contribution in [0.3, 0.4) is 0 Å². The third-order valence-corrected chi connectivity index (χ3v) is 4.92. The molecule has 0 saturated heterocycles.